The molecule has 0 aromatic heterocycles. The van der Waals surface area contributed by atoms with Crippen LogP contribution < -0.4 is 0 Å². The largest absolute Gasteiger partial charge is 0.402 e. The molecule has 0 fully saturated rings. The number of halogens is 2. The Balaban J connectivity index is 1.99. The Kier molecular flexibility index (Phi) is 4.33. The summed E-state index contributed by atoms with van der Waals surface area (Å²) in [6, 6.07) is 10.6. The van der Waals surface area contributed by atoms with Gasteiger partial charge in [-0.25, -0.2) is 9.79 Å². The van der Waals surface area contributed by atoms with Gasteiger partial charge < -0.3 is 4.74 Å². The predicted molar refractivity (Wildman–Crippen MR) is 90.2 cm³/mol. The summed E-state index contributed by atoms with van der Waals surface area (Å²) in [7, 11) is 0. The Labute approximate surface area is 146 Å². The number of nitrogens with zero attached hydrogens (tertiary/aromatic N) is 2. The van der Waals surface area contributed by atoms with Crippen molar-refractivity contribution in [2.24, 2.45) is 4.99 Å². The number of benzene rings is 2. The van der Waals surface area contributed by atoms with E-state index in [2.05, 4.69) is 4.99 Å². The first-order chi connectivity index (χ1) is 11.5. The van der Waals surface area contributed by atoms with Gasteiger partial charge in [-0.1, -0.05) is 41.4 Å². The Morgan fingerprint density at radius 3 is 2.67 bits per heavy atom. The molecule has 2 aromatic carbocycles. The molecule has 1 heterocycles. The molecule has 0 aliphatic carbocycles. The Morgan fingerprint density at radius 1 is 1.17 bits per heavy atom. The minimum absolute atomic E-state index is 0.00639. The second-order valence-electron chi connectivity index (χ2n) is 4.79. The number of aliphatic imine (C=N–C) groups is 1. The third-order valence-electron chi connectivity index (χ3n) is 3.20. The third-order valence-corrected chi connectivity index (χ3v) is 4.03. The van der Waals surface area contributed by atoms with E-state index in [0.29, 0.717) is 21.2 Å². The summed E-state index contributed by atoms with van der Waals surface area (Å²) in [5, 5.41) is 11.5. The lowest BCUT2D eigenvalue weighted by Crippen LogP contribution is -2.05. The first-order valence-corrected chi connectivity index (χ1v) is 7.42. The summed E-state index contributed by atoms with van der Waals surface area (Å²) in [6.07, 6.45) is 1.45. The van der Waals surface area contributed by atoms with Crippen LogP contribution in [-0.2, 0) is 9.53 Å². The standard InChI is InChI=1S/C16H8Cl2N2O4/c17-12-6-2-3-9(14(12)18)8-13-16(21)24-15(19-13)10-4-1-5-11(7-10)20(22)23/h1-8H/b13-8-. The topological polar surface area (TPSA) is 81.8 Å². The highest BCUT2D eigenvalue weighted by atomic mass is 35.5. The van der Waals surface area contributed by atoms with E-state index in [4.69, 9.17) is 27.9 Å². The van der Waals surface area contributed by atoms with Crippen molar-refractivity contribution in [1.29, 1.82) is 0 Å². The number of nitro benzene ring substituents is 1. The monoisotopic (exact) mass is 362 g/mol. The van der Waals surface area contributed by atoms with E-state index >= 15 is 0 Å². The van der Waals surface area contributed by atoms with E-state index in [1.165, 1.54) is 24.3 Å². The molecule has 3 rings (SSSR count). The molecule has 0 spiro atoms. The van der Waals surface area contributed by atoms with Gasteiger partial charge in [0.1, 0.15) is 0 Å². The van der Waals surface area contributed by atoms with Crippen LogP contribution in [0.15, 0.2) is 53.2 Å². The summed E-state index contributed by atoms with van der Waals surface area (Å²) in [6.45, 7) is 0. The van der Waals surface area contributed by atoms with Crippen molar-refractivity contribution in [1.82, 2.24) is 0 Å². The number of carbonyl (C=O) groups excluding carboxylic acids is 1. The molecular weight excluding hydrogens is 355 g/mol. The van der Waals surface area contributed by atoms with Gasteiger partial charge in [0, 0.05) is 17.7 Å². The average Bonchev–Trinajstić information content (AvgIpc) is 2.93. The van der Waals surface area contributed by atoms with Gasteiger partial charge in [0.25, 0.3) is 5.69 Å². The SMILES string of the molecule is O=C1OC(c2cccc([N+](=O)[O-])c2)=N/C1=C\c1cccc(Cl)c1Cl. The molecule has 0 unspecified atom stereocenters. The van der Waals surface area contributed by atoms with Gasteiger partial charge in [-0.3, -0.25) is 10.1 Å². The van der Waals surface area contributed by atoms with Crippen LogP contribution in [0.4, 0.5) is 5.69 Å². The van der Waals surface area contributed by atoms with Crippen LogP contribution in [0.5, 0.6) is 0 Å². The lowest BCUT2D eigenvalue weighted by molar-refractivity contribution is -0.384. The van der Waals surface area contributed by atoms with E-state index in [1.807, 2.05) is 0 Å². The highest BCUT2D eigenvalue weighted by Crippen LogP contribution is 2.29. The molecule has 0 saturated carbocycles. The lowest BCUT2D eigenvalue weighted by atomic mass is 10.2. The number of esters is 1. The van der Waals surface area contributed by atoms with Gasteiger partial charge in [-0.2, -0.15) is 0 Å². The number of hydrogen-bond acceptors (Lipinski definition) is 5. The minimum Gasteiger partial charge on any atom is -0.402 e. The van der Waals surface area contributed by atoms with E-state index in [0.717, 1.165) is 0 Å². The molecule has 120 valence electrons. The van der Waals surface area contributed by atoms with Crippen LogP contribution in [0.1, 0.15) is 11.1 Å². The minimum atomic E-state index is -0.674. The molecule has 2 aromatic rings. The molecule has 0 radical (unpaired) electrons. The zero-order valence-corrected chi connectivity index (χ0v) is 13.4. The summed E-state index contributed by atoms with van der Waals surface area (Å²) in [4.78, 5) is 26.3. The molecule has 1 aliphatic rings. The number of non-ortho nitro benzene ring substituents is 1. The third kappa shape index (κ3) is 3.15. The first-order valence-electron chi connectivity index (χ1n) is 6.67. The second-order valence-corrected chi connectivity index (χ2v) is 5.57. The molecular formula is C16H8Cl2N2O4. The number of cyclic esters (lactones) is 1. The summed E-state index contributed by atoms with van der Waals surface area (Å²) in [5.41, 5.74) is 0.750. The van der Waals surface area contributed by atoms with Gasteiger partial charge in [-0.05, 0) is 23.8 Å². The quantitative estimate of drug-likeness (QED) is 0.353. The maximum Gasteiger partial charge on any atom is 0.363 e. The molecule has 0 saturated heterocycles. The number of nitro groups is 1. The van der Waals surface area contributed by atoms with E-state index in [1.54, 1.807) is 24.3 Å². The van der Waals surface area contributed by atoms with E-state index < -0.39 is 10.9 Å². The molecule has 0 N–H and O–H groups in total. The zero-order chi connectivity index (χ0) is 17.3. The van der Waals surface area contributed by atoms with Crippen LogP contribution in [0.25, 0.3) is 6.08 Å². The first kappa shape index (κ1) is 16.2. The average molecular weight is 363 g/mol. The van der Waals surface area contributed by atoms with E-state index in [-0.39, 0.29) is 17.3 Å². The molecule has 1 aliphatic heterocycles. The van der Waals surface area contributed by atoms with Crippen LogP contribution in [-0.4, -0.2) is 16.8 Å². The van der Waals surface area contributed by atoms with Crippen molar-refractivity contribution in [3.8, 4) is 0 Å². The van der Waals surface area contributed by atoms with Gasteiger partial charge in [-0.15, -0.1) is 0 Å². The number of rotatable bonds is 3. The molecule has 8 heteroatoms. The predicted octanol–water partition coefficient (Wildman–Crippen LogP) is 4.25. The summed E-state index contributed by atoms with van der Waals surface area (Å²) >= 11 is 12.0. The van der Waals surface area contributed by atoms with Crippen molar-refractivity contribution < 1.29 is 14.5 Å². The van der Waals surface area contributed by atoms with Gasteiger partial charge in [0.05, 0.1) is 15.0 Å². The second kappa shape index (κ2) is 6.43. The van der Waals surface area contributed by atoms with Gasteiger partial charge in [0.15, 0.2) is 5.70 Å². The number of carbonyl (C=O) groups is 1. The maximum absolute atomic E-state index is 12.0. The molecule has 0 amide bonds. The van der Waals surface area contributed by atoms with Crippen LogP contribution in [0.3, 0.4) is 0 Å². The van der Waals surface area contributed by atoms with Crippen molar-refractivity contribution in [3.05, 3.63) is 79.4 Å². The van der Waals surface area contributed by atoms with Crippen LogP contribution in [0, 0.1) is 10.1 Å². The smallest absolute Gasteiger partial charge is 0.363 e. The van der Waals surface area contributed by atoms with Crippen LogP contribution in [0.2, 0.25) is 10.0 Å². The fraction of sp³-hybridized carbons (Fsp3) is 0. The summed E-state index contributed by atoms with van der Waals surface area (Å²) < 4.78 is 5.08. The fourth-order valence-electron chi connectivity index (χ4n) is 2.06. The van der Waals surface area contributed by atoms with E-state index in [9.17, 15) is 14.9 Å². The van der Waals surface area contributed by atoms with Crippen molar-refractivity contribution in [2.45, 2.75) is 0 Å². The van der Waals surface area contributed by atoms with Gasteiger partial charge in [0.2, 0.25) is 5.90 Å². The molecule has 0 atom stereocenters. The van der Waals surface area contributed by atoms with Crippen molar-refractivity contribution in [3.63, 3.8) is 0 Å². The fourth-order valence-corrected chi connectivity index (χ4v) is 2.43. The van der Waals surface area contributed by atoms with Gasteiger partial charge >= 0.3 is 5.97 Å². The Hall–Kier alpha value is -2.70. The normalized spacial score (nSPS) is 15.3. The number of ether oxygens (including phenoxy) is 1. The highest BCUT2D eigenvalue weighted by Gasteiger charge is 2.25. The molecule has 24 heavy (non-hydrogen) atoms. The van der Waals surface area contributed by atoms with Crippen molar-refractivity contribution >= 4 is 46.8 Å². The number of hydrogen-bond donors (Lipinski definition) is 0. The van der Waals surface area contributed by atoms with Crippen LogP contribution >= 0.6 is 23.2 Å². The van der Waals surface area contributed by atoms with Crippen molar-refractivity contribution in [2.75, 3.05) is 0 Å². The summed E-state index contributed by atoms with van der Waals surface area (Å²) in [5.74, 6) is -0.680. The zero-order valence-electron chi connectivity index (χ0n) is 11.9. The maximum atomic E-state index is 12.0. The molecule has 6 nitrogen and oxygen atoms in total. The highest BCUT2D eigenvalue weighted by molar-refractivity contribution is 6.43. The Morgan fingerprint density at radius 2 is 1.92 bits per heavy atom. The Bertz CT molecular complexity index is 922. The molecule has 0 bridgehead atoms. The lowest BCUT2D eigenvalue weighted by Gasteiger charge is -2.00.